The molecule has 0 saturated heterocycles. The van der Waals surface area contributed by atoms with Crippen LogP contribution in [-0.4, -0.2) is 16.8 Å². The summed E-state index contributed by atoms with van der Waals surface area (Å²) in [4.78, 5) is 0. The van der Waals surface area contributed by atoms with Gasteiger partial charge in [0.05, 0.1) is 11.7 Å². The van der Waals surface area contributed by atoms with Gasteiger partial charge < -0.3 is 5.32 Å². The summed E-state index contributed by atoms with van der Waals surface area (Å²) >= 11 is 0. The summed E-state index contributed by atoms with van der Waals surface area (Å²) in [6.07, 6.45) is 2.60. The van der Waals surface area contributed by atoms with Crippen molar-refractivity contribution in [2.75, 3.05) is 7.05 Å². The van der Waals surface area contributed by atoms with E-state index in [9.17, 15) is 8.78 Å². The molecule has 2 rings (SSSR count). The zero-order chi connectivity index (χ0) is 13.8. The first-order valence-corrected chi connectivity index (χ1v) is 6.32. The van der Waals surface area contributed by atoms with Gasteiger partial charge in [-0.05, 0) is 25.6 Å². The standard InChI is InChI=1S/C14H17F2N3/c1-3-9-19-12(7-8-18-19)14(17-2)10-5-4-6-11(15)13(10)16/h4-8,14,17H,3,9H2,1-2H3. The average molecular weight is 265 g/mol. The van der Waals surface area contributed by atoms with Gasteiger partial charge in [-0.25, -0.2) is 8.78 Å². The minimum atomic E-state index is -0.834. The lowest BCUT2D eigenvalue weighted by Gasteiger charge is -2.19. The van der Waals surface area contributed by atoms with Crippen LogP contribution in [0.5, 0.6) is 0 Å². The molecular weight excluding hydrogens is 248 g/mol. The number of rotatable bonds is 5. The van der Waals surface area contributed by atoms with E-state index in [0.717, 1.165) is 24.7 Å². The fraction of sp³-hybridized carbons (Fsp3) is 0.357. The maximum atomic E-state index is 13.9. The molecular formula is C14H17F2N3. The summed E-state index contributed by atoms with van der Waals surface area (Å²) < 4.78 is 29.1. The fourth-order valence-corrected chi connectivity index (χ4v) is 2.19. The van der Waals surface area contributed by atoms with Crippen LogP contribution in [0.2, 0.25) is 0 Å². The van der Waals surface area contributed by atoms with Crippen molar-refractivity contribution in [3.63, 3.8) is 0 Å². The summed E-state index contributed by atoms with van der Waals surface area (Å²) in [6, 6.07) is 5.63. The predicted octanol–water partition coefficient (Wildman–Crippen LogP) is 2.88. The third-order valence-corrected chi connectivity index (χ3v) is 3.06. The van der Waals surface area contributed by atoms with E-state index in [1.165, 1.54) is 6.07 Å². The van der Waals surface area contributed by atoms with Crippen molar-refractivity contribution in [3.8, 4) is 0 Å². The third-order valence-electron chi connectivity index (χ3n) is 3.06. The van der Waals surface area contributed by atoms with Crippen LogP contribution in [0.15, 0.2) is 30.5 Å². The van der Waals surface area contributed by atoms with Crippen molar-refractivity contribution < 1.29 is 8.78 Å². The van der Waals surface area contributed by atoms with E-state index in [0.29, 0.717) is 5.56 Å². The van der Waals surface area contributed by atoms with E-state index in [4.69, 9.17) is 0 Å². The van der Waals surface area contributed by atoms with E-state index >= 15 is 0 Å². The van der Waals surface area contributed by atoms with Gasteiger partial charge >= 0.3 is 0 Å². The second kappa shape index (κ2) is 5.93. The van der Waals surface area contributed by atoms with Crippen molar-refractivity contribution in [1.29, 1.82) is 0 Å². The lowest BCUT2D eigenvalue weighted by molar-refractivity contribution is 0.475. The number of aryl methyl sites for hydroxylation is 1. The number of benzene rings is 1. The van der Waals surface area contributed by atoms with Crippen molar-refractivity contribution >= 4 is 0 Å². The van der Waals surface area contributed by atoms with Crippen LogP contribution in [-0.2, 0) is 6.54 Å². The number of hydrogen-bond acceptors (Lipinski definition) is 2. The average Bonchev–Trinajstić information content (AvgIpc) is 2.84. The monoisotopic (exact) mass is 265 g/mol. The number of halogens is 2. The zero-order valence-electron chi connectivity index (χ0n) is 11.0. The van der Waals surface area contributed by atoms with Crippen LogP contribution < -0.4 is 5.32 Å². The van der Waals surface area contributed by atoms with Gasteiger partial charge in [0, 0.05) is 18.3 Å². The molecule has 1 aromatic heterocycles. The summed E-state index contributed by atoms with van der Waals surface area (Å²) in [6.45, 7) is 2.79. The molecule has 0 bridgehead atoms. The summed E-state index contributed by atoms with van der Waals surface area (Å²) in [5, 5.41) is 7.23. The second-order valence-corrected chi connectivity index (χ2v) is 4.34. The Hall–Kier alpha value is -1.75. The maximum Gasteiger partial charge on any atom is 0.163 e. The quantitative estimate of drug-likeness (QED) is 0.901. The van der Waals surface area contributed by atoms with Gasteiger partial charge in [0.25, 0.3) is 0 Å². The minimum Gasteiger partial charge on any atom is -0.308 e. The first kappa shape index (κ1) is 13.7. The van der Waals surface area contributed by atoms with Gasteiger partial charge in [-0.3, -0.25) is 4.68 Å². The van der Waals surface area contributed by atoms with E-state index in [1.807, 2.05) is 17.7 Å². The van der Waals surface area contributed by atoms with Gasteiger partial charge in [0.2, 0.25) is 0 Å². The summed E-state index contributed by atoms with van der Waals surface area (Å²) in [7, 11) is 1.72. The minimum absolute atomic E-state index is 0.292. The van der Waals surface area contributed by atoms with Gasteiger partial charge in [0.15, 0.2) is 11.6 Å². The molecule has 1 aromatic carbocycles. The Kier molecular flexibility index (Phi) is 4.27. The van der Waals surface area contributed by atoms with Crippen molar-refractivity contribution in [3.05, 3.63) is 53.4 Å². The zero-order valence-corrected chi connectivity index (χ0v) is 11.0. The molecule has 1 atom stereocenters. The number of hydrogen-bond donors (Lipinski definition) is 1. The van der Waals surface area contributed by atoms with Crippen LogP contribution in [0, 0.1) is 11.6 Å². The molecule has 1 N–H and O–H groups in total. The van der Waals surface area contributed by atoms with Crippen LogP contribution in [0.3, 0.4) is 0 Å². The van der Waals surface area contributed by atoms with Crippen LogP contribution in [0.1, 0.15) is 30.6 Å². The van der Waals surface area contributed by atoms with Gasteiger partial charge in [-0.15, -0.1) is 0 Å². The molecule has 3 nitrogen and oxygen atoms in total. The van der Waals surface area contributed by atoms with Gasteiger partial charge in [0.1, 0.15) is 0 Å². The van der Waals surface area contributed by atoms with Gasteiger partial charge in [-0.1, -0.05) is 19.1 Å². The maximum absolute atomic E-state index is 13.9. The van der Waals surface area contributed by atoms with E-state index in [2.05, 4.69) is 10.4 Å². The van der Waals surface area contributed by atoms with Crippen molar-refractivity contribution in [2.24, 2.45) is 0 Å². The van der Waals surface area contributed by atoms with E-state index in [1.54, 1.807) is 19.3 Å². The molecule has 0 aliphatic rings. The first-order chi connectivity index (χ1) is 9.19. The largest absolute Gasteiger partial charge is 0.308 e. The topological polar surface area (TPSA) is 29.9 Å². The Morgan fingerprint density at radius 3 is 2.79 bits per heavy atom. The molecule has 0 fully saturated rings. The highest BCUT2D eigenvalue weighted by Crippen LogP contribution is 2.25. The third kappa shape index (κ3) is 2.66. The SMILES string of the molecule is CCCn1nccc1C(NC)c1cccc(F)c1F. The highest BCUT2D eigenvalue weighted by Gasteiger charge is 2.21. The molecule has 0 radical (unpaired) electrons. The Balaban J connectivity index is 2.44. The molecule has 2 aromatic rings. The highest BCUT2D eigenvalue weighted by atomic mass is 19.2. The normalized spacial score (nSPS) is 12.6. The molecule has 1 heterocycles. The van der Waals surface area contributed by atoms with Crippen LogP contribution >= 0.6 is 0 Å². The summed E-state index contributed by atoms with van der Waals surface area (Å²) in [5.74, 6) is -1.65. The smallest absolute Gasteiger partial charge is 0.163 e. The van der Waals surface area contributed by atoms with E-state index in [-0.39, 0.29) is 0 Å². The molecule has 0 aliphatic heterocycles. The number of nitrogens with zero attached hydrogens (tertiary/aromatic N) is 2. The van der Waals surface area contributed by atoms with Crippen LogP contribution in [0.25, 0.3) is 0 Å². The molecule has 19 heavy (non-hydrogen) atoms. The molecule has 102 valence electrons. The highest BCUT2D eigenvalue weighted by molar-refractivity contribution is 5.29. The number of aromatic nitrogens is 2. The second-order valence-electron chi connectivity index (χ2n) is 4.34. The molecule has 0 aliphatic carbocycles. The Bertz CT molecular complexity index is 551. The molecule has 0 amide bonds. The number of nitrogens with one attached hydrogen (secondary N) is 1. The fourth-order valence-electron chi connectivity index (χ4n) is 2.19. The molecule has 5 heteroatoms. The van der Waals surface area contributed by atoms with Gasteiger partial charge in [-0.2, -0.15) is 5.10 Å². The van der Waals surface area contributed by atoms with E-state index < -0.39 is 17.7 Å². The predicted molar refractivity (Wildman–Crippen MR) is 69.8 cm³/mol. The Labute approximate surface area is 111 Å². The molecule has 0 saturated carbocycles. The van der Waals surface area contributed by atoms with Crippen LogP contribution in [0.4, 0.5) is 8.78 Å². The molecule has 1 unspecified atom stereocenters. The first-order valence-electron chi connectivity index (χ1n) is 6.32. The Morgan fingerprint density at radius 2 is 2.11 bits per heavy atom. The van der Waals surface area contributed by atoms with Crippen molar-refractivity contribution in [1.82, 2.24) is 15.1 Å². The lowest BCUT2D eigenvalue weighted by Crippen LogP contribution is -2.23. The van der Waals surface area contributed by atoms with Crippen molar-refractivity contribution in [2.45, 2.75) is 25.9 Å². The lowest BCUT2D eigenvalue weighted by atomic mass is 10.0. The Morgan fingerprint density at radius 1 is 1.32 bits per heavy atom. The summed E-state index contributed by atoms with van der Waals surface area (Å²) in [5.41, 5.74) is 1.12. The molecule has 0 spiro atoms.